The minimum atomic E-state index is -3.91. The summed E-state index contributed by atoms with van der Waals surface area (Å²) >= 11 is 0. The van der Waals surface area contributed by atoms with Crippen molar-refractivity contribution in [1.29, 1.82) is 0 Å². The van der Waals surface area contributed by atoms with Crippen molar-refractivity contribution in [2.45, 2.75) is 29.7 Å². The first-order valence-electron chi connectivity index (χ1n) is 10.4. The molecule has 4 rings (SSSR count). The van der Waals surface area contributed by atoms with Crippen molar-refractivity contribution in [3.05, 3.63) is 65.5 Å². The second-order valence-electron chi connectivity index (χ2n) is 8.44. The molecule has 0 saturated carbocycles. The van der Waals surface area contributed by atoms with E-state index >= 15 is 0 Å². The summed E-state index contributed by atoms with van der Waals surface area (Å²) in [6, 6.07) is 13.2. The third-order valence-electron chi connectivity index (χ3n) is 6.25. The second kappa shape index (κ2) is 8.61. The zero-order chi connectivity index (χ0) is 22.2. The Kier molecular flexibility index (Phi) is 6.22. The highest BCUT2D eigenvalue weighted by atomic mass is 32.2. The quantitative estimate of drug-likeness (QED) is 0.627. The monoisotopic (exact) mass is 466 g/mol. The van der Waals surface area contributed by atoms with Crippen molar-refractivity contribution < 1.29 is 21.2 Å². The first-order valence-corrected chi connectivity index (χ1v) is 13.7. The zero-order valence-corrected chi connectivity index (χ0v) is 19.1. The van der Waals surface area contributed by atoms with Crippen LogP contribution in [0.2, 0.25) is 0 Å². The van der Waals surface area contributed by atoms with Crippen molar-refractivity contribution in [3.63, 3.8) is 0 Å². The topological polar surface area (TPSA) is 74.8 Å². The molecule has 2 aromatic rings. The minimum absolute atomic E-state index is 0.0128. The van der Waals surface area contributed by atoms with Gasteiger partial charge >= 0.3 is 0 Å². The maximum absolute atomic E-state index is 13.6. The Bertz CT molecular complexity index is 1150. The van der Waals surface area contributed by atoms with Crippen LogP contribution >= 0.6 is 0 Å². The third-order valence-corrected chi connectivity index (χ3v) is 10.4. The summed E-state index contributed by atoms with van der Waals surface area (Å²) in [5.74, 6) is -1.03. The molecule has 6 nitrogen and oxygen atoms in total. The van der Waals surface area contributed by atoms with Gasteiger partial charge in [-0.15, -0.1) is 0 Å². The maximum atomic E-state index is 13.6. The molecule has 168 valence electrons. The lowest BCUT2D eigenvalue weighted by molar-refractivity contribution is 0.101. The zero-order valence-electron chi connectivity index (χ0n) is 17.4. The molecule has 0 aliphatic carbocycles. The number of sulfone groups is 2. The molecule has 31 heavy (non-hydrogen) atoms. The fraction of sp³-hybridized carbons (Fsp3) is 0.455. The summed E-state index contributed by atoms with van der Waals surface area (Å²) in [6.07, 6.45) is 0. The molecule has 2 saturated heterocycles. The molecule has 0 radical (unpaired) electrons. The van der Waals surface area contributed by atoms with Crippen LogP contribution in [0.1, 0.15) is 11.1 Å². The third kappa shape index (κ3) is 4.84. The van der Waals surface area contributed by atoms with Gasteiger partial charge < -0.3 is 0 Å². The number of hydrogen-bond donors (Lipinski definition) is 0. The summed E-state index contributed by atoms with van der Waals surface area (Å²) in [6.45, 7) is 5.03. The summed E-state index contributed by atoms with van der Waals surface area (Å²) < 4.78 is 65.2. The van der Waals surface area contributed by atoms with Gasteiger partial charge in [-0.25, -0.2) is 21.2 Å². The first kappa shape index (κ1) is 22.4. The highest BCUT2D eigenvalue weighted by Crippen LogP contribution is 2.30. The van der Waals surface area contributed by atoms with Gasteiger partial charge in [0.15, 0.2) is 19.7 Å². The summed E-state index contributed by atoms with van der Waals surface area (Å²) in [4.78, 5) is 4.29. The highest BCUT2D eigenvalue weighted by molar-refractivity contribution is 7.96. The van der Waals surface area contributed by atoms with E-state index in [1.807, 2.05) is 23.1 Å². The van der Waals surface area contributed by atoms with Crippen molar-refractivity contribution in [2.24, 2.45) is 0 Å². The van der Waals surface area contributed by atoms with Crippen molar-refractivity contribution in [1.82, 2.24) is 9.80 Å². The van der Waals surface area contributed by atoms with Crippen LogP contribution in [0, 0.1) is 12.7 Å². The average molecular weight is 467 g/mol. The molecular weight excluding hydrogens is 439 g/mol. The van der Waals surface area contributed by atoms with E-state index in [2.05, 4.69) is 17.0 Å². The molecule has 0 aromatic heterocycles. The molecule has 2 atom stereocenters. The lowest BCUT2D eigenvalue weighted by Crippen LogP contribution is -2.54. The van der Waals surface area contributed by atoms with Gasteiger partial charge in [-0.2, -0.15) is 0 Å². The van der Waals surface area contributed by atoms with Gasteiger partial charge in [0, 0.05) is 38.8 Å². The van der Waals surface area contributed by atoms with Crippen LogP contribution < -0.4 is 0 Å². The van der Waals surface area contributed by atoms with Gasteiger partial charge in [0.1, 0.15) is 5.82 Å². The van der Waals surface area contributed by atoms with E-state index in [1.54, 1.807) is 0 Å². The lowest BCUT2D eigenvalue weighted by Gasteiger charge is -2.39. The fourth-order valence-electron chi connectivity index (χ4n) is 4.50. The SMILES string of the molecule is Cc1cc(S(=O)(=O)[C@H]2CS(=O)(=O)C[C@@H]2N2CCN(Cc3ccccc3)CC2)ccc1F. The first-order chi connectivity index (χ1) is 14.7. The summed E-state index contributed by atoms with van der Waals surface area (Å²) in [7, 11) is -7.38. The molecule has 2 aromatic carbocycles. The van der Waals surface area contributed by atoms with Crippen LogP contribution in [0.25, 0.3) is 0 Å². The molecule has 2 heterocycles. The Morgan fingerprint density at radius 3 is 2.32 bits per heavy atom. The molecule has 2 aliphatic rings. The minimum Gasteiger partial charge on any atom is -0.297 e. The van der Waals surface area contributed by atoms with E-state index in [1.165, 1.54) is 24.6 Å². The molecule has 0 N–H and O–H groups in total. The van der Waals surface area contributed by atoms with E-state index in [0.29, 0.717) is 13.1 Å². The molecular formula is C22H27FN2O4S2. The number of rotatable bonds is 5. The number of piperazine rings is 1. The van der Waals surface area contributed by atoms with E-state index in [9.17, 15) is 21.2 Å². The molecule has 0 bridgehead atoms. The maximum Gasteiger partial charge on any atom is 0.183 e. The molecule has 0 unspecified atom stereocenters. The van der Waals surface area contributed by atoms with Gasteiger partial charge in [0.05, 0.1) is 21.7 Å². The summed E-state index contributed by atoms with van der Waals surface area (Å²) in [5, 5.41) is -1.04. The van der Waals surface area contributed by atoms with Crippen molar-refractivity contribution in [2.75, 3.05) is 37.7 Å². The van der Waals surface area contributed by atoms with E-state index in [0.717, 1.165) is 25.7 Å². The van der Waals surface area contributed by atoms with Crippen molar-refractivity contribution >= 4 is 19.7 Å². The van der Waals surface area contributed by atoms with Gasteiger partial charge in [-0.3, -0.25) is 9.80 Å². The van der Waals surface area contributed by atoms with Crippen LogP contribution in [0.3, 0.4) is 0 Å². The lowest BCUT2D eigenvalue weighted by atomic mass is 10.1. The normalized spacial score (nSPS) is 25.0. The van der Waals surface area contributed by atoms with Crippen LogP contribution in [0.4, 0.5) is 4.39 Å². The molecule has 9 heteroatoms. The van der Waals surface area contributed by atoms with Gasteiger partial charge in [-0.05, 0) is 36.2 Å². The Labute approximate surface area is 183 Å². The second-order valence-corrected chi connectivity index (χ2v) is 12.8. The van der Waals surface area contributed by atoms with E-state index in [4.69, 9.17) is 0 Å². The smallest absolute Gasteiger partial charge is 0.183 e. The Balaban J connectivity index is 1.51. The summed E-state index contributed by atoms with van der Waals surface area (Å²) in [5.41, 5.74) is 1.44. The van der Waals surface area contributed by atoms with Gasteiger partial charge in [-0.1, -0.05) is 30.3 Å². The molecule has 0 spiro atoms. The Morgan fingerprint density at radius 1 is 1.00 bits per heavy atom. The van der Waals surface area contributed by atoms with Crippen LogP contribution in [0.5, 0.6) is 0 Å². The number of nitrogens with zero attached hydrogens (tertiary/aromatic N) is 2. The average Bonchev–Trinajstić information content (AvgIpc) is 3.07. The van der Waals surface area contributed by atoms with Crippen LogP contribution in [-0.2, 0) is 26.2 Å². The van der Waals surface area contributed by atoms with Gasteiger partial charge in [0.25, 0.3) is 0 Å². The van der Waals surface area contributed by atoms with E-state index in [-0.39, 0.29) is 22.0 Å². The number of hydrogen-bond acceptors (Lipinski definition) is 6. The fourth-order valence-corrected chi connectivity index (χ4v) is 9.41. The van der Waals surface area contributed by atoms with Crippen LogP contribution in [-0.4, -0.2) is 75.6 Å². The van der Waals surface area contributed by atoms with Crippen LogP contribution in [0.15, 0.2) is 53.4 Å². The van der Waals surface area contributed by atoms with Gasteiger partial charge in [0.2, 0.25) is 0 Å². The molecule has 2 aliphatic heterocycles. The number of aryl methyl sites for hydroxylation is 1. The predicted octanol–water partition coefficient (Wildman–Crippen LogP) is 1.89. The molecule has 0 amide bonds. The van der Waals surface area contributed by atoms with Crippen molar-refractivity contribution in [3.8, 4) is 0 Å². The standard InChI is InChI=1S/C22H27FN2O4S2/c1-17-13-19(7-8-20(17)23)31(28,29)22-16-30(26,27)15-21(22)25-11-9-24(10-12-25)14-18-5-3-2-4-6-18/h2-8,13,21-22H,9-12,14-16H2,1H3/t21-,22-/m0/s1. The Hall–Kier alpha value is -1.81. The van der Waals surface area contributed by atoms with E-state index < -0.39 is 36.8 Å². The number of halogens is 1. The molecule has 2 fully saturated rings. The number of benzene rings is 2. The largest absolute Gasteiger partial charge is 0.297 e. The predicted molar refractivity (Wildman–Crippen MR) is 118 cm³/mol. The Morgan fingerprint density at radius 2 is 1.68 bits per heavy atom. The highest BCUT2D eigenvalue weighted by Gasteiger charge is 2.48.